The molecule has 3 aromatic heterocycles. The van der Waals surface area contributed by atoms with Crippen LogP contribution in [0.25, 0.3) is 21.7 Å². The van der Waals surface area contributed by atoms with Gasteiger partial charge in [0.1, 0.15) is 16.3 Å². The molecule has 8 heteroatoms. The van der Waals surface area contributed by atoms with Gasteiger partial charge in [-0.25, -0.2) is 15.0 Å². The standard InChI is InChI=1S/C19H20N6OS/c26-15-6-5-11(9-22-15)23-18-16-12-3-1-2-4-14(12)27-19(16)25-17(24-18)13-10-20-7-8-21-13/h7-8,10-11H,1-6,9H2,(H,22,26)(H,23,24,25). The monoisotopic (exact) mass is 380 g/mol. The van der Waals surface area contributed by atoms with Crippen molar-refractivity contribution in [1.82, 2.24) is 25.3 Å². The molecule has 0 radical (unpaired) electrons. The van der Waals surface area contributed by atoms with E-state index in [1.165, 1.54) is 23.3 Å². The summed E-state index contributed by atoms with van der Waals surface area (Å²) in [6.45, 7) is 0.622. The number of carbonyl (C=O) groups is 1. The van der Waals surface area contributed by atoms with Crippen molar-refractivity contribution in [2.24, 2.45) is 0 Å². The summed E-state index contributed by atoms with van der Waals surface area (Å²) in [5.74, 6) is 1.58. The van der Waals surface area contributed by atoms with E-state index in [0.717, 1.165) is 35.3 Å². The molecule has 1 aliphatic heterocycles. The van der Waals surface area contributed by atoms with Crippen molar-refractivity contribution in [2.75, 3.05) is 11.9 Å². The van der Waals surface area contributed by atoms with E-state index in [9.17, 15) is 4.79 Å². The van der Waals surface area contributed by atoms with Gasteiger partial charge in [0.15, 0.2) is 5.82 Å². The Bertz CT molecular complexity index is 992. The number of hydrogen-bond donors (Lipinski definition) is 2. The van der Waals surface area contributed by atoms with Gasteiger partial charge in [-0.15, -0.1) is 11.3 Å². The van der Waals surface area contributed by atoms with Gasteiger partial charge < -0.3 is 10.6 Å². The van der Waals surface area contributed by atoms with Crippen molar-refractivity contribution < 1.29 is 4.79 Å². The third-order valence-electron chi connectivity index (χ3n) is 5.21. The first-order chi connectivity index (χ1) is 13.3. The lowest BCUT2D eigenvalue weighted by Gasteiger charge is -2.24. The highest BCUT2D eigenvalue weighted by Crippen LogP contribution is 2.39. The smallest absolute Gasteiger partial charge is 0.220 e. The fourth-order valence-corrected chi connectivity index (χ4v) is 5.10. The largest absolute Gasteiger partial charge is 0.365 e. The number of anilines is 1. The Kier molecular flexibility index (Phi) is 4.20. The van der Waals surface area contributed by atoms with E-state index in [-0.39, 0.29) is 11.9 Å². The number of fused-ring (bicyclic) bond motifs is 3. The first-order valence-corrected chi connectivity index (χ1v) is 10.2. The minimum Gasteiger partial charge on any atom is -0.365 e. The Morgan fingerprint density at radius 1 is 1.15 bits per heavy atom. The number of piperidine rings is 1. The SMILES string of the molecule is O=C1CCC(Nc2nc(-c3cnccn3)nc3sc4c(c23)CCCC4)CN1. The zero-order chi connectivity index (χ0) is 18.2. The van der Waals surface area contributed by atoms with Gasteiger partial charge in [0.05, 0.1) is 11.6 Å². The molecule has 2 N–H and O–H groups in total. The summed E-state index contributed by atoms with van der Waals surface area (Å²) in [5, 5.41) is 7.67. The Hall–Kier alpha value is -2.61. The van der Waals surface area contributed by atoms with Crippen LogP contribution in [0.1, 0.15) is 36.1 Å². The summed E-state index contributed by atoms with van der Waals surface area (Å²) in [6.07, 6.45) is 11.0. The quantitative estimate of drug-likeness (QED) is 0.726. The second-order valence-corrected chi connectivity index (χ2v) is 8.15. The molecule has 0 aromatic carbocycles. The average Bonchev–Trinajstić information content (AvgIpc) is 3.09. The number of aromatic nitrogens is 4. The Labute approximate surface area is 160 Å². The highest BCUT2D eigenvalue weighted by molar-refractivity contribution is 7.19. The van der Waals surface area contributed by atoms with Crippen molar-refractivity contribution >= 4 is 33.3 Å². The molecule has 138 valence electrons. The van der Waals surface area contributed by atoms with Gasteiger partial charge in [-0.05, 0) is 37.7 Å². The highest BCUT2D eigenvalue weighted by atomic mass is 32.1. The third-order valence-corrected chi connectivity index (χ3v) is 6.40. The molecule has 2 aliphatic rings. The highest BCUT2D eigenvalue weighted by Gasteiger charge is 2.24. The van der Waals surface area contributed by atoms with Gasteiger partial charge in [-0.2, -0.15) is 0 Å². The molecule has 3 aromatic rings. The van der Waals surface area contributed by atoms with Gasteiger partial charge in [0, 0.05) is 36.3 Å². The van der Waals surface area contributed by atoms with E-state index >= 15 is 0 Å². The maximum atomic E-state index is 11.5. The molecule has 0 saturated carbocycles. The molecule has 27 heavy (non-hydrogen) atoms. The van der Waals surface area contributed by atoms with Gasteiger partial charge in [-0.3, -0.25) is 9.78 Å². The summed E-state index contributed by atoms with van der Waals surface area (Å²) in [6, 6.07) is 0.176. The zero-order valence-corrected chi connectivity index (χ0v) is 15.7. The molecular formula is C19H20N6OS. The molecule has 5 rings (SSSR count). The first-order valence-electron chi connectivity index (χ1n) is 9.40. The summed E-state index contributed by atoms with van der Waals surface area (Å²) >= 11 is 1.78. The lowest BCUT2D eigenvalue weighted by atomic mass is 9.97. The van der Waals surface area contributed by atoms with Gasteiger partial charge in [-0.1, -0.05) is 0 Å². The van der Waals surface area contributed by atoms with E-state index in [1.807, 2.05) is 0 Å². The molecule has 1 fully saturated rings. The van der Waals surface area contributed by atoms with E-state index in [2.05, 4.69) is 20.6 Å². The van der Waals surface area contributed by atoms with Crippen molar-refractivity contribution in [3.63, 3.8) is 0 Å². The van der Waals surface area contributed by atoms with Crippen LogP contribution in [0.2, 0.25) is 0 Å². The van der Waals surface area contributed by atoms with Gasteiger partial charge >= 0.3 is 0 Å². The number of amides is 1. The van der Waals surface area contributed by atoms with Crippen LogP contribution in [-0.4, -0.2) is 38.4 Å². The second-order valence-electron chi connectivity index (χ2n) is 7.06. The third kappa shape index (κ3) is 3.14. The van der Waals surface area contributed by atoms with Crippen LogP contribution >= 0.6 is 11.3 Å². The Morgan fingerprint density at radius 2 is 2.07 bits per heavy atom. The lowest BCUT2D eigenvalue weighted by Crippen LogP contribution is -2.42. The number of thiophene rings is 1. The van der Waals surface area contributed by atoms with Crippen LogP contribution in [0, 0.1) is 0 Å². The van der Waals surface area contributed by atoms with Crippen molar-refractivity contribution in [3.8, 4) is 11.5 Å². The van der Waals surface area contributed by atoms with Crippen molar-refractivity contribution in [3.05, 3.63) is 29.0 Å². The minimum atomic E-state index is 0.119. The number of nitrogens with one attached hydrogen (secondary N) is 2. The van der Waals surface area contributed by atoms with Crippen LogP contribution in [0.3, 0.4) is 0 Å². The summed E-state index contributed by atoms with van der Waals surface area (Å²) in [4.78, 5) is 32.1. The van der Waals surface area contributed by atoms with E-state index in [1.54, 1.807) is 29.9 Å². The molecule has 0 bridgehead atoms. The van der Waals surface area contributed by atoms with Crippen LogP contribution in [-0.2, 0) is 17.6 Å². The van der Waals surface area contributed by atoms with E-state index in [0.29, 0.717) is 24.5 Å². The molecule has 1 saturated heterocycles. The minimum absolute atomic E-state index is 0.119. The van der Waals surface area contributed by atoms with Crippen LogP contribution in [0.5, 0.6) is 0 Å². The predicted octanol–water partition coefficient (Wildman–Crippen LogP) is 2.72. The molecule has 0 spiro atoms. The summed E-state index contributed by atoms with van der Waals surface area (Å²) in [5.41, 5.74) is 2.07. The predicted molar refractivity (Wildman–Crippen MR) is 105 cm³/mol. The van der Waals surface area contributed by atoms with Crippen molar-refractivity contribution in [2.45, 2.75) is 44.6 Å². The van der Waals surface area contributed by atoms with E-state index in [4.69, 9.17) is 9.97 Å². The molecule has 1 aliphatic carbocycles. The lowest BCUT2D eigenvalue weighted by molar-refractivity contribution is -0.122. The number of nitrogens with zero attached hydrogens (tertiary/aromatic N) is 4. The number of rotatable bonds is 3. The zero-order valence-electron chi connectivity index (χ0n) is 14.9. The maximum Gasteiger partial charge on any atom is 0.220 e. The molecule has 1 amide bonds. The Balaban J connectivity index is 1.61. The molecule has 1 unspecified atom stereocenters. The summed E-state index contributed by atoms with van der Waals surface area (Å²) in [7, 11) is 0. The molecule has 1 atom stereocenters. The average molecular weight is 380 g/mol. The fraction of sp³-hybridized carbons (Fsp3) is 0.421. The first kappa shape index (κ1) is 16.6. The van der Waals surface area contributed by atoms with Gasteiger partial charge in [0.2, 0.25) is 5.91 Å². The number of hydrogen-bond acceptors (Lipinski definition) is 7. The normalized spacial score (nSPS) is 19.6. The topological polar surface area (TPSA) is 92.7 Å². The van der Waals surface area contributed by atoms with E-state index < -0.39 is 0 Å². The molecule has 7 nitrogen and oxygen atoms in total. The number of carbonyl (C=O) groups excluding carboxylic acids is 1. The van der Waals surface area contributed by atoms with Crippen LogP contribution < -0.4 is 10.6 Å². The number of aryl methyl sites for hydroxylation is 2. The van der Waals surface area contributed by atoms with Crippen molar-refractivity contribution in [1.29, 1.82) is 0 Å². The van der Waals surface area contributed by atoms with Crippen LogP contribution in [0.4, 0.5) is 5.82 Å². The second kappa shape index (κ2) is 6.84. The molecule has 4 heterocycles. The maximum absolute atomic E-state index is 11.5. The molecular weight excluding hydrogens is 360 g/mol. The van der Waals surface area contributed by atoms with Crippen LogP contribution in [0.15, 0.2) is 18.6 Å². The van der Waals surface area contributed by atoms with Gasteiger partial charge in [0.25, 0.3) is 0 Å². The Morgan fingerprint density at radius 3 is 2.89 bits per heavy atom. The fourth-order valence-electron chi connectivity index (χ4n) is 3.84. The summed E-state index contributed by atoms with van der Waals surface area (Å²) < 4.78 is 0.